The standard InChI is InChI=1S/C19H24O2S/c1-19(2,15-22-18-7-5-4-6-8-18)14-21-13-16-9-11-17(20-3)12-10-16/h4-12H,13-15H2,1-3H3. The Labute approximate surface area is 137 Å². The smallest absolute Gasteiger partial charge is 0.118 e. The van der Waals surface area contributed by atoms with E-state index in [1.54, 1.807) is 7.11 Å². The molecule has 0 radical (unpaired) electrons. The largest absolute Gasteiger partial charge is 0.497 e. The number of benzene rings is 2. The van der Waals surface area contributed by atoms with Crippen LogP contribution >= 0.6 is 11.8 Å². The summed E-state index contributed by atoms with van der Waals surface area (Å²) < 4.78 is 11.1. The lowest BCUT2D eigenvalue weighted by molar-refractivity contribution is 0.0619. The van der Waals surface area contributed by atoms with Gasteiger partial charge in [0.1, 0.15) is 5.75 Å². The minimum atomic E-state index is 0.146. The molecule has 0 bridgehead atoms. The van der Waals surface area contributed by atoms with Gasteiger partial charge in [-0.3, -0.25) is 0 Å². The lowest BCUT2D eigenvalue weighted by Crippen LogP contribution is -2.22. The molecule has 0 aliphatic heterocycles. The highest BCUT2D eigenvalue weighted by Crippen LogP contribution is 2.28. The summed E-state index contributed by atoms with van der Waals surface area (Å²) in [5, 5.41) is 0. The van der Waals surface area contributed by atoms with Crippen LogP contribution < -0.4 is 4.74 Å². The van der Waals surface area contributed by atoms with Gasteiger partial charge in [0.2, 0.25) is 0 Å². The van der Waals surface area contributed by atoms with Gasteiger partial charge in [-0.1, -0.05) is 44.2 Å². The van der Waals surface area contributed by atoms with E-state index in [1.807, 2.05) is 42.1 Å². The Morgan fingerprint density at radius 2 is 1.64 bits per heavy atom. The van der Waals surface area contributed by atoms with E-state index in [1.165, 1.54) is 10.5 Å². The predicted octanol–water partition coefficient (Wildman–Crippen LogP) is 5.03. The second-order valence-corrected chi connectivity index (χ2v) is 7.16. The fourth-order valence-corrected chi connectivity index (χ4v) is 2.99. The van der Waals surface area contributed by atoms with Gasteiger partial charge in [-0.05, 0) is 35.2 Å². The molecule has 22 heavy (non-hydrogen) atoms. The van der Waals surface area contributed by atoms with Crippen LogP contribution in [0.5, 0.6) is 5.75 Å². The summed E-state index contributed by atoms with van der Waals surface area (Å²) >= 11 is 1.88. The van der Waals surface area contributed by atoms with Crippen LogP contribution in [0.1, 0.15) is 19.4 Å². The average Bonchev–Trinajstić information content (AvgIpc) is 2.55. The van der Waals surface area contributed by atoms with Gasteiger partial charge in [-0.2, -0.15) is 0 Å². The fourth-order valence-electron chi connectivity index (χ4n) is 2.00. The number of thioether (sulfide) groups is 1. The van der Waals surface area contributed by atoms with Crippen molar-refractivity contribution in [2.75, 3.05) is 19.5 Å². The van der Waals surface area contributed by atoms with E-state index in [9.17, 15) is 0 Å². The first-order chi connectivity index (χ1) is 10.6. The van der Waals surface area contributed by atoms with Gasteiger partial charge < -0.3 is 9.47 Å². The van der Waals surface area contributed by atoms with E-state index in [-0.39, 0.29) is 5.41 Å². The molecule has 0 aromatic heterocycles. The maximum Gasteiger partial charge on any atom is 0.118 e. The molecular formula is C19H24O2S. The molecule has 0 saturated carbocycles. The Kier molecular flexibility index (Phi) is 6.34. The molecule has 2 aromatic rings. The molecule has 0 N–H and O–H groups in total. The molecule has 0 aliphatic rings. The Morgan fingerprint density at radius 3 is 2.27 bits per heavy atom. The SMILES string of the molecule is COc1ccc(COCC(C)(C)CSc2ccccc2)cc1. The maximum absolute atomic E-state index is 5.89. The lowest BCUT2D eigenvalue weighted by Gasteiger charge is -2.24. The zero-order valence-electron chi connectivity index (χ0n) is 13.5. The highest BCUT2D eigenvalue weighted by Gasteiger charge is 2.18. The van der Waals surface area contributed by atoms with Crippen molar-refractivity contribution in [2.24, 2.45) is 5.41 Å². The Morgan fingerprint density at radius 1 is 0.955 bits per heavy atom. The van der Waals surface area contributed by atoms with Crippen molar-refractivity contribution < 1.29 is 9.47 Å². The molecule has 0 saturated heterocycles. The molecule has 0 amide bonds. The molecule has 2 nitrogen and oxygen atoms in total. The van der Waals surface area contributed by atoms with E-state index in [2.05, 4.69) is 38.1 Å². The second-order valence-electron chi connectivity index (χ2n) is 6.11. The van der Waals surface area contributed by atoms with Crippen LogP contribution in [0.15, 0.2) is 59.5 Å². The minimum Gasteiger partial charge on any atom is -0.497 e. The summed E-state index contributed by atoms with van der Waals surface area (Å²) in [6.07, 6.45) is 0. The van der Waals surface area contributed by atoms with Crippen molar-refractivity contribution in [3.63, 3.8) is 0 Å². The first-order valence-corrected chi connectivity index (χ1v) is 8.46. The number of methoxy groups -OCH3 is 1. The first kappa shape index (κ1) is 16.9. The van der Waals surface area contributed by atoms with Gasteiger partial charge in [0.15, 0.2) is 0 Å². The zero-order valence-corrected chi connectivity index (χ0v) is 14.4. The van der Waals surface area contributed by atoms with Gasteiger partial charge in [0, 0.05) is 10.6 Å². The number of hydrogen-bond donors (Lipinski definition) is 0. The normalized spacial score (nSPS) is 11.4. The van der Waals surface area contributed by atoms with Crippen LogP contribution in [-0.2, 0) is 11.3 Å². The van der Waals surface area contributed by atoms with Crippen LogP contribution in [0.25, 0.3) is 0 Å². The predicted molar refractivity (Wildman–Crippen MR) is 93.6 cm³/mol. The molecule has 0 fully saturated rings. The third-order valence-corrected chi connectivity index (χ3v) is 4.82. The molecule has 3 heteroatoms. The third-order valence-electron chi connectivity index (χ3n) is 3.29. The van der Waals surface area contributed by atoms with Gasteiger partial charge >= 0.3 is 0 Å². The lowest BCUT2D eigenvalue weighted by atomic mass is 9.98. The molecule has 0 atom stereocenters. The summed E-state index contributed by atoms with van der Waals surface area (Å²) in [5.41, 5.74) is 1.32. The van der Waals surface area contributed by atoms with Crippen LogP contribution in [0.3, 0.4) is 0 Å². The second kappa shape index (κ2) is 8.25. The quantitative estimate of drug-likeness (QED) is 0.636. The van der Waals surface area contributed by atoms with Crippen molar-refractivity contribution in [1.29, 1.82) is 0 Å². The molecule has 0 heterocycles. The minimum absolute atomic E-state index is 0.146. The fraction of sp³-hybridized carbons (Fsp3) is 0.368. The van der Waals surface area contributed by atoms with Gasteiger partial charge in [-0.25, -0.2) is 0 Å². The van der Waals surface area contributed by atoms with Gasteiger partial charge in [0.25, 0.3) is 0 Å². The molecule has 0 spiro atoms. The summed E-state index contributed by atoms with van der Waals surface area (Å²) in [4.78, 5) is 1.31. The van der Waals surface area contributed by atoms with Crippen LogP contribution in [0.2, 0.25) is 0 Å². The van der Waals surface area contributed by atoms with E-state index < -0.39 is 0 Å². The van der Waals surface area contributed by atoms with E-state index in [4.69, 9.17) is 9.47 Å². The zero-order chi connectivity index (χ0) is 15.8. The average molecular weight is 316 g/mol. The molecule has 0 aliphatic carbocycles. The number of ether oxygens (including phenoxy) is 2. The Balaban J connectivity index is 1.74. The topological polar surface area (TPSA) is 18.5 Å². The van der Waals surface area contributed by atoms with E-state index in [0.717, 1.165) is 18.1 Å². The summed E-state index contributed by atoms with van der Waals surface area (Å²) in [6.45, 7) is 5.89. The summed E-state index contributed by atoms with van der Waals surface area (Å²) in [7, 11) is 1.68. The van der Waals surface area contributed by atoms with Crippen LogP contribution in [-0.4, -0.2) is 19.5 Å². The van der Waals surface area contributed by atoms with Crippen LogP contribution in [0.4, 0.5) is 0 Å². The summed E-state index contributed by atoms with van der Waals surface area (Å²) in [6, 6.07) is 18.5. The van der Waals surface area contributed by atoms with E-state index in [0.29, 0.717) is 6.61 Å². The Hall–Kier alpha value is -1.45. The van der Waals surface area contributed by atoms with Crippen molar-refractivity contribution in [3.8, 4) is 5.75 Å². The first-order valence-electron chi connectivity index (χ1n) is 7.48. The van der Waals surface area contributed by atoms with E-state index >= 15 is 0 Å². The monoisotopic (exact) mass is 316 g/mol. The molecule has 118 valence electrons. The maximum atomic E-state index is 5.89. The summed E-state index contributed by atoms with van der Waals surface area (Å²) in [5.74, 6) is 1.92. The van der Waals surface area contributed by atoms with Gasteiger partial charge in [0.05, 0.1) is 20.3 Å². The molecule has 2 rings (SSSR count). The highest BCUT2D eigenvalue weighted by molar-refractivity contribution is 7.99. The van der Waals surface area contributed by atoms with Crippen molar-refractivity contribution in [1.82, 2.24) is 0 Å². The highest BCUT2D eigenvalue weighted by atomic mass is 32.2. The van der Waals surface area contributed by atoms with Crippen molar-refractivity contribution in [2.45, 2.75) is 25.3 Å². The Bertz CT molecular complexity index is 549. The number of rotatable bonds is 8. The third kappa shape index (κ3) is 5.74. The molecular weight excluding hydrogens is 292 g/mol. The van der Waals surface area contributed by atoms with Gasteiger partial charge in [-0.15, -0.1) is 11.8 Å². The molecule has 0 unspecified atom stereocenters. The number of hydrogen-bond acceptors (Lipinski definition) is 3. The van der Waals surface area contributed by atoms with Crippen molar-refractivity contribution in [3.05, 3.63) is 60.2 Å². The van der Waals surface area contributed by atoms with Crippen LogP contribution in [0, 0.1) is 5.41 Å². The van der Waals surface area contributed by atoms with Crippen molar-refractivity contribution >= 4 is 11.8 Å². The molecule has 2 aromatic carbocycles.